The summed E-state index contributed by atoms with van der Waals surface area (Å²) in [4.78, 5) is 14.3. The number of nitrogens with two attached hydrogens (primary N) is 1. The van der Waals surface area contributed by atoms with Crippen molar-refractivity contribution in [3.8, 4) is 11.5 Å². The van der Waals surface area contributed by atoms with E-state index in [1.165, 1.54) is 12.0 Å². The standard InChI is InChI=1S/C20H27BN3O4/c1-11-18(3-2-15-16-5-17(16)21-28-20(11)15)27-14-8-24(9-14)19(25)4-13-7-23-12(6-22)10-26-13/h2-3,12-14,16-17,23H,4-10,22H2,1H3. The van der Waals surface area contributed by atoms with Gasteiger partial charge in [0.25, 0.3) is 0 Å². The lowest BCUT2D eigenvalue weighted by Gasteiger charge is -2.40. The van der Waals surface area contributed by atoms with Gasteiger partial charge in [-0.05, 0) is 36.7 Å². The number of nitrogens with one attached hydrogen (secondary N) is 1. The first-order valence-electron chi connectivity index (χ1n) is 10.3. The van der Waals surface area contributed by atoms with E-state index in [4.69, 9.17) is 19.9 Å². The number of ether oxygens (including phenoxy) is 2. The Balaban J connectivity index is 1.11. The number of carbonyl (C=O) groups excluding carboxylic acids is 1. The van der Waals surface area contributed by atoms with Gasteiger partial charge < -0.3 is 30.1 Å². The number of hydrogen-bond donors (Lipinski definition) is 2. The summed E-state index contributed by atoms with van der Waals surface area (Å²) in [5.74, 6) is 3.16. The number of rotatable bonds is 5. The van der Waals surface area contributed by atoms with Gasteiger partial charge in [0.2, 0.25) is 5.91 Å². The second kappa shape index (κ2) is 7.24. The van der Waals surface area contributed by atoms with Crippen molar-refractivity contribution >= 4 is 13.4 Å². The summed E-state index contributed by atoms with van der Waals surface area (Å²) in [6, 6.07) is 4.39. The van der Waals surface area contributed by atoms with E-state index < -0.39 is 0 Å². The van der Waals surface area contributed by atoms with Crippen molar-refractivity contribution in [1.29, 1.82) is 0 Å². The van der Waals surface area contributed by atoms with Crippen molar-refractivity contribution < 1.29 is 18.9 Å². The SMILES string of the molecule is Cc1c(OC2CN(C(=O)CC3CNC(CN)CO3)C2)ccc2c1O[B]C1CC21. The topological polar surface area (TPSA) is 86.1 Å². The Morgan fingerprint density at radius 3 is 3.04 bits per heavy atom. The van der Waals surface area contributed by atoms with Gasteiger partial charge in [0, 0.05) is 24.7 Å². The van der Waals surface area contributed by atoms with Gasteiger partial charge in [-0.1, -0.05) is 6.07 Å². The van der Waals surface area contributed by atoms with Crippen LogP contribution in [-0.2, 0) is 9.53 Å². The lowest BCUT2D eigenvalue weighted by Crippen LogP contribution is -2.57. The maximum Gasteiger partial charge on any atom is 0.373 e. The van der Waals surface area contributed by atoms with Crippen molar-refractivity contribution in [3.05, 3.63) is 23.3 Å². The van der Waals surface area contributed by atoms with Crippen molar-refractivity contribution in [2.75, 3.05) is 32.8 Å². The fourth-order valence-electron chi connectivity index (χ4n) is 4.32. The molecule has 3 fully saturated rings. The summed E-state index contributed by atoms with van der Waals surface area (Å²) >= 11 is 0. The molecule has 4 unspecified atom stereocenters. The third kappa shape index (κ3) is 3.38. The second-order valence-electron chi connectivity index (χ2n) is 8.41. The molecule has 4 atom stereocenters. The number of hydrogen-bond acceptors (Lipinski definition) is 6. The Hall–Kier alpha value is -1.77. The van der Waals surface area contributed by atoms with Gasteiger partial charge in [-0.3, -0.25) is 4.79 Å². The normalized spacial score (nSPS) is 31.0. The van der Waals surface area contributed by atoms with Gasteiger partial charge in [-0.2, -0.15) is 0 Å². The van der Waals surface area contributed by atoms with Crippen LogP contribution < -0.4 is 20.4 Å². The zero-order valence-corrected chi connectivity index (χ0v) is 16.2. The van der Waals surface area contributed by atoms with E-state index in [9.17, 15) is 4.79 Å². The molecule has 3 N–H and O–H groups in total. The molecule has 1 aromatic carbocycles. The molecule has 1 aromatic rings. The summed E-state index contributed by atoms with van der Waals surface area (Å²) in [5.41, 5.74) is 7.99. The Morgan fingerprint density at radius 1 is 1.43 bits per heavy atom. The Bertz CT molecular complexity index is 762. The molecule has 28 heavy (non-hydrogen) atoms. The largest absolute Gasteiger partial charge is 0.562 e. The molecule has 1 amide bonds. The van der Waals surface area contributed by atoms with Crippen LogP contribution in [0.4, 0.5) is 0 Å². The van der Waals surface area contributed by atoms with Crippen LogP contribution in [0.3, 0.4) is 0 Å². The van der Waals surface area contributed by atoms with Crippen molar-refractivity contribution in [2.45, 2.75) is 49.8 Å². The van der Waals surface area contributed by atoms with Gasteiger partial charge in [-0.25, -0.2) is 0 Å². The smallest absolute Gasteiger partial charge is 0.373 e. The van der Waals surface area contributed by atoms with Gasteiger partial charge in [-0.15, -0.1) is 0 Å². The van der Waals surface area contributed by atoms with Crippen LogP contribution >= 0.6 is 0 Å². The van der Waals surface area contributed by atoms with Gasteiger partial charge >= 0.3 is 7.48 Å². The van der Waals surface area contributed by atoms with E-state index in [2.05, 4.69) is 17.4 Å². The van der Waals surface area contributed by atoms with E-state index in [1.54, 1.807) is 0 Å². The molecule has 149 valence electrons. The van der Waals surface area contributed by atoms with Gasteiger partial charge in [0.05, 0.1) is 32.2 Å². The molecule has 1 radical (unpaired) electrons. The average molecular weight is 384 g/mol. The quantitative estimate of drug-likeness (QED) is 0.723. The fourth-order valence-corrected chi connectivity index (χ4v) is 4.32. The first kappa shape index (κ1) is 18.3. The van der Waals surface area contributed by atoms with Crippen LogP contribution in [0.2, 0.25) is 5.82 Å². The summed E-state index contributed by atoms with van der Waals surface area (Å²) in [5, 5.41) is 3.32. The molecule has 0 spiro atoms. The highest BCUT2D eigenvalue weighted by Gasteiger charge is 2.46. The van der Waals surface area contributed by atoms with Crippen LogP contribution in [0.25, 0.3) is 0 Å². The fraction of sp³-hybridized carbons (Fsp3) is 0.650. The molecule has 8 heteroatoms. The number of nitrogens with zero attached hydrogens (tertiary/aromatic N) is 1. The maximum atomic E-state index is 12.5. The molecule has 0 bridgehead atoms. The highest BCUT2D eigenvalue weighted by molar-refractivity contribution is 6.33. The van der Waals surface area contributed by atoms with Gasteiger partial charge in [0.15, 0.2) is 0 Å². The minimum absolute atomic E-state index is 0.0361. The summed E-state index contributed by atoms with van der Waals surface area (Å²) in [6.45, 7) is 5.09. The first-order valence-corrected chi connectivity index (χ1v) is 10.3. The number of likely N-dealkylation sites (tertiary alicyclic amines) is 1. The van der Waals surface area contributed by atoms with Gasteiger partial charge in [0.1, 0.15) is 17.6 Å². The molecular weight excluding hydrogens is 357 g/mol. The molecule has 3 heterocycles. The van der Waals surface area contributed by atoms with E-state index in [1.807, 2.05) is 19.3 Å². The molecule has 2 saturated heterocycles. The number of benzene rings is 1. The summed E-state index contributed by atoms with van der Waals surface area (Å²) < 4.78 is 17.7. The van der Waals surface area contributed by atoms with Crippen LogP contribution in [0.5, 0.6) is 11.5 Å². The minimum Gasteiger partial charge on any atom is -0.562 e. The molecule has 4 aliphatic rings. The van der Waals surface area contributed by atoms with Crippen molar-refractivity contribution in [3.63, 3.8) is 0 Å². The first-order chi connectivity index (χ1) is 13.6. The van der Waals surface area contributed by atoms with Crippen LogP contribution in [0, 0.1) is 6.92 Å². The molecular formula is C20H27BN3O4. The monoisotopic (exact) mass is 384 g/mol. The highest BCUT2D eigenvalue weighted by Crippen LogP contribution is 2.58. The third-order valence-corrected chi connectivity index (χ3v) is 6.34. The van der Waals surface area contributed by atoms with Crippen LogP contribution in [0.15, 0.2) is 12.1 Å². The van der Waals surface area contributed by atoms with Crippen molar-refractivity contribution in [1.82, 2.24) is 10.2 Å². The van der Waals surface area contributed by atoms with E-state index in [0.717, 1.165) is 17.1 Å². The molecule has 3 aliphatic heterocycles. The van der Waals surface area contributed by atoms with E-state index in [-0.39, 0.29) is 24.2 Å². The minimum atomic E-state index is -0.0715. The van der Waals surface area contributed by atoms with Crippen molar-refractivity contribution in [2.24, 2.45) is 5.73 Å². The Labute approximate surface area is 166 Å². The maximum absolute atomic E-state index is 12.5. The average Bonchev–Trinajstić information content (AvgIpc) is 3.46. The van der Waals surface area contributed by atoms with Crippen LogP contribution in [0.1, 0.15) is 29.9 Å². The lowest BCUT2D eigenvalue weighted by atomic mass is 9.84. The second-order valence-corrected chi connectivity index (χ2v) is 8.41. The summed E-state index contributed by atoms with van der Waals surface area (Å²) in [7, 11) is 1.96. The zero-order valence-electron chi connectivity index (χ0n) is 16.2. The molecule has 1 saturated carbocycles. The lowest BCUT2D eigenvalue weighted by molar-refractivity contribution is -0.143. The Morgan fingerprint density at radius 2 is 2.29 bits per heavy atom. The van der Waals surface area contributed by atoms with Crippen LogP contribution in [-0.4, -0.2) is 69.3 Å². The predicted octanol–water partition coefficient (Wildman–Crippen LogP) is 0.578. The van der Waals surface area contributed by atoms with E-state index >= 15 is 0 Å². The molecule has 5 rings (SSSR count). The summed E-state index contributed by atoms with van der Waals surface area (Å²) in [6.07, 6.45) is 1.56. The zero-order chi connectivity index (χ0) is 19.3. The van der Waals surface area contributed by atoms with E-state index in [0.29, 0.717) is 50.9 Å². The molecule has 1 aliphatic carbocycles. The predicted molar refractivity (Wildman–Crippen MR) is 105 cm³/mol. The third-order valence-electron chi connectivity index (χ3n) is 6.34. The number of fused-ring (bicyclic) bond motifs is 3. The number of carbonyl (C=O) groups is 1. The number of morpholine rings is 1. The Kier molecular flexibility index (Phi) is 4.73. The molecule has 0 aromatic heterocycles. The molecule has 7 nitrogen and oxygen atoms in total. The highest BCUT2D eigenvalue weighted by atomic mass is 16.5. The number of amides is 1.